The summed E-state index contributed by atoms with van der Waals surface area (Å²) in [6.07, 6.45) is 18.5. The van der Waals surface area contributed by atoms with Gasteiger partial charge in [-0.05, 0) is 111 Å². The molecule has 1 unspecified atom stereocenters. The lowest BCUT2D eigenvalue weighted by molar-refractivity contribution is 0.188. The van der Waals surface area contributed by atoms with Crippen LogP contribution in [0.15, 0.2) is 229 Å². The van der Waals surface area contributed by atoms with Crippen LogP contribution in [0.2, 0.25) is 0 Å². The summed E-state index contributed by atoms with van der Waals surface area (Å²) in [7, 11) is 0. The van der Waals surface area contributed by atoms with Crippen LogP contribution >= 0.6 is 0 Å². The molecule has 0 N–H and O–H groups in total. The molecule has 0 heterocycles. The number of hydrogen-bond donors (Lipinski definition) is 0. The van der Waals surface area contributed by atoms with E-state index in [1.54, 1.807) is 0 Å². The minimum Gasteiger partial charge on any atom is -0.493 e. The molecule has 5 aromatic rings. The first-order valence-electron chi connectivity index (χ1n) is 19.5. The van der Waals surface area contributed by atoms with Gasteiger partial charge in [-0.25, -0.2) is 0 Å². The maximum absolute atomic E-state index is 6.27. The highest BCUT2D eigenvalue weighted by atomic mass is 16.5. The van der Waals surface area contributed by atoms with E-state index in [0.29, 0.717) is 19.0 Å². The van der Waals surface area contributed by atoms with Gasteiger partial charge in [-0.3, -0.25) is 0 Å². The number of nitrogens with zero attached hydrogens (tertiary/aromatic N) is 2. The molecule has 0 saturated heterocycles. The average molecular weight is 753 g/mol. The van der Waals surface area contributed by atoms with Crippen molar-refractivity contribution >= 4 is 17.1 Å². The van der Waals surface area contributed by atoms with Crippen molar-refractivity contribution in [2.24, 2.45) is 0 Å². The largest absolute Gasteiger partial charge is 0.493 e. The van der Waals surface area contributed by atoms with E-state index in [0.717, 1.165) is 64.1 Å². The molecule has 57 heavy (non-hydrogen) atoms. The lowest BCUT2D eigenvalue weighted by Gasteiger charge is -2.32. The van der Waals surface area contributed by atoms with Crippen molar-refractivity contribution in [1.29, 1.82) is 0 Å². The Morgan fingerprint density at radius 1 is 0.684 bits per heavy atom. The van der Waals surface area contributed by atoms with Gasteiger partial charge in [0.25, 0.3) is 0 Å². The summed E-state index contributed by atoms with van der Waals surface area (Å²) >= 11 is 0. The van der Waals surface area contributed by atoms with Gasteiger partial charge in [0.1, 0.15) is 30.5 Å². The van der Waals surface area contributed by atoms with Crippen molar-refractivity contribution in [3.8, 4) is 5.75 Å². The van der Waals surface area contributed by atoms with E-state index in [2.05, 4.69) is 127 Å². The summed E-state index contributed by atoms with van der Waals surface area (Å²) in [4.78, 5) is 4.56. The van der Waals surface area contributed by atoms with Gasteiger partial charge in [0.15, 0.2) is 0 Å². The number of allylic oxidation sites excluding steroid dienone is 10. The molecule has 5 nitrogen and oxygen atoms in total. The summed E-state index contributed by atoms with van der Waals surface area (Å²) in [5, 5.41) is 0. The second kappa shape index (κ2) is 20.8. The number of ether oxygens (including phenoxy) is 3. The number of para-hydroxylation sites is 2. The van der Waals surface area contributed by atoms with Gasteiger partial charge in [0, 0.05) is 40.9 Å². The number of anilines is 3. The quantitative estimate of drug-likeness (QED) is 0.0658. The monoisotopic (exact) mass is 752 g/mol. The van der Waals surface area contributed by atoms with E-state index in [4.69, 9.17) is 14.2 Å². The smallest absolute Gasteiger partial charge is 0.127 e. The van der Waals surface area contributed by atoms with Crippen LogP contribution < -0.4 is 14.5 Å². The van der Waals surface area contributed by atoms with E-state index >= 15 is 0 Å². The SMILES string of the molecule is C=C(/C=C\C=C(/C)N(c1ccccc1)c1ccc(O/C(C)=C/C=C\C(C)N(C2=CCCC(OCc3ccccc3)=C2)c2ccccc2)cc1)OCc1ccccc1. The average Bonchev–Trinajstić information content (AvgIpc) is 3.25. The van der Waals surface area contributed by atoms with Crippen molar-refractivity contribution in [3.63, 3.8) is 0 Å². The molecule has 0 aromatic heterocycles. The molecule has 0 spiro atoms. The van der Waals surface area contributed by atoms with Crippen molar-refractivity contribution in [2.75, 3.05) is 9.80 Å². The minimum absolute atomic E-state index is 0.0710. The second-order valence-corrected chi connectivity index (χ2v) is 13.8. The zero-order valence-electron chi connectivity index (χ0n) is 33.2. The van der Waals surface area contributed by atoms with E-state index < -0.39 is 0 Å². The second-order valence-electron chi connectivity index (χ2n) is 13.8. The Bertz CT molecular complexity index is 2200. The Morgan fingerprint density at radius 2 is 1.26 bits per heavy atom. The van der Waals surface area contributed by atoms with Crippen LogP contribution in [0.1, 0.15) is 44.7 Å². The van der Waals surface area contributed by atoms with E-state index in [9.17, 15) is 0 Å². The topological polar surface area (TPSA) is 34.2 Å². The van der Waals surface area contributed by atoms with Crippen molar-refractivity contribution in [1.82, 2.24) is 0 Å². The summed E-state index contributed by atoms with van der Waals surface area (Å²) in [5.41, 5.74) is 7.65. The fourth-order valence-electron chi connectivity index (χ4n) is 6.52. The molecule has 1 atom stereocenters. The predicted molar refractivity (Wildman–Crippen MR) is 237 cm³/mol. The highest BCUT2D eigenvalue weighted by Crippen LogP contribution is 2.32. The molecule has 1 aliphatic rings. The van der Waals surface area contributed by atoms with Crippen LogP contribution in [-0.2, 0) is 22.7 Å². The first kappa shape index (κ1) is 40.0. The van der Waals surface area contributed by atoms with E-state index in [1.165, 1.54) is 5.56 Å². The molecule has 0 bridgehead atoms. The van der Waals surface area contributed by atoms with E-state index in [-0.39, 0.29) is 6.04 Å². The third-order valence-corrected chi connectivity index (χ3v) is 9.39. The Kier molecular flexibility index (Phi) is 14.6. The molecule has 0 amide bonds. The minimum atomic E-state index is 0.0710. The van der Waals surface area contributed by atoms with Crippen molar-refractivity contribution in [3.05, 3.63) is 241 Å². The van der Waals surface area contributed by atoms with E-state index in [1.807, 2.05) is 104 Å². The molecule has 0 aliphatic heterocycles. The van der Waals surface area contributed by atoms with Gasteiger partial charge in [0.2, 0.25) is 0 Å². The normalized spacial score (nSPS) is 13.8. The Morgan fingerprint density at radius 3 is 1.91 bits per heavy atom. The van der Waals surface area contributed by atoms with Crippen LogP contribution in [0.3, 0.4) is 0 Å². The molecule has 6 rings (SSSR count). The molecular formula is C52H52N2O3. The Hall–Kier alpha value is -6.72. The van der Waals surface area contributed by atoms with Gasteiger partial charge < -0.3 is 24.0 Å². The van der Waals surface area contributed by atoms with Crippen molar-refractivity contribution in [2.45, 2.75) is 52.9 Å². The summed E-state index contributed by atoms with van der Waals surface area (Å²) in [6.45, 7) is 11.4. The lowest BCUT2D eigenvalue weighted by Crippen LogP contribution is -2.31. The molecule has 5 heteroatoms. The third kappa shape index (κ3) is 12.1. The van der Waals surface area contributed by atoms with Crippen LogP contribution in [0.5, 0.6) is 5.75 Å². The van der Waals surface area contributed by atoms with Gasteiger partial charge in [-0.1, -0.05) is 128 Å². The number of benzene rings is 5. The first-order chi connectivity index (χ1) is 27.9. The number of hydrogen-bond acceptors (Lipinski definition) is 5. The van der Waals surface area contributed by atoms with Crippen LogP contribution in [0.25, 0.3) is 0 Å². The summed E-state index contributed by atoms with van der Waals surface area (Å²) < 4.78 is 18.4. The molecule has 0 fully saturated rings. The van der Waals surface area contributed by atoms with Gasteiger partial charge in [0.05, 0.1) is 5.76 Å². The standard InChI is InChI=1S/C52H52N2O3/c1-41(20-17-22-43(3)55-39-45-24-9-5-10-25-45)53(47-28-13-7-14-29-47)49-34-36-51(37-35-49)57-44(4)23-18-21-42(2)54(48-30-15-8-16-31-48)50-32-19-33-52(38-50)56-40-46-26-11-6-12-27-46/h5-18,20-32,34-38,42H,3,19,33,39-40H2,1-2,4H3/b21-18-,22-17-,41-20+,44-23+. The van der Waals surface area contributed by atoms with Gasteiger partial charge >= 0.3 is 0 Å². The maximum atomic E-state index is 6.27. The Balaban J connectivity index is 1.10. The van der Waals surface area contributed by atoms with Crippen LogP contribution in [-0.4, -0.2) is 6.04 Å². The predicted octanol–water partition coefficient (Wildman–Crippen LogP) is 13.5. The molecule has 1 aliphatic carbocycles. The summed E-state index contributed by atoms with van der Waals surface area (Å²) in [6, 6.07) is 49.5. The zero-order valence-corrected chi connectivity index (χ0v) is 33.2. The Labute approximate surface area is 339 Å². The molecule has 0 saturated carbocycles. The zero-order chi connectivity index (χ0) is 39.7. The highest BCUT2D eigenvalue weighted by Gasteiger charge is 2.19. The molecule has 0 radical (unpaired) electrons. The molecular weight excluding hydrogens is 701 g/mol. The van der Waals surface area contributed by atoms with Gasteiger partial charge in [-0.2, -0.15) is 0 Å². The third-order valence-electron chi connectivity index (χ3n) is 9.39. The summed E-state index contributed by atoms with van der Waals surface area (Å²) in [5.74, 6) is 3.17. The van der Waals surface area contributed by atoms with Crippen LogP contribution in [0.4, 0.5) is 17.1 Å². The maximum Gasteiger partial charge on any atom is 0.127 e. The fourth-order valence-corrected chi connectivity index (χ4v) is 6.52. The van der Waals surface area contributed by atoms with Gasteiger partial charge in [-0.15, -0.1) is 0 Å². The fraction of sp³-hybridized carbons (Fsp3) is 0.154. The molecule has 5 aromatic carbocycles. The molecule has 288 valence electrons. The first-order valence-corrected chi connectivity index (χ1v) is 19.5. The highest BCUT2D eigenvalue weighted by molar-refractivity contribution is 5.69. The van der Waals surface area contributed by atoms with Crippen LogP contribution in [0, 0.1) is 0 Å². The van der Waals surface area contributed by atoms with Crippen molar-refractivity contribution < 1.29 is 14.2 Å². The number of rotatable bonds is 18. The lowest BCUT2D eigenvalue weighted by atomic mass is 10.1.